The fourth-order valence-electron chi connectivity index (χ4n) is 9.21. The highest BCUT2D eigenvalue weighted by Crippen LogP contribution is 2.54. The first-order chi connectivity index (χ1) is 44.5. The Morgan fingerprint density at radius 3 is 1.10 bits per heavy atom. The minimum absolute atomic E-state index is 0.0387. The van der Waals surface area contributed by atoms with Crippen LogP contribution in [0.2, 0.25) is 0 Å². The fourth-order valence-corrected chi connectivity index (χ4v) is 9.92. The third kappa shape index (κ3) is 29.5. The summed E-state index contributed by atoms with van der Waals surface area (Å²) in [6.45, 7) is 4.02. The largest absolute Gasteiger partial charge is 0.394 e. The average Bonchev–Trinajstić information content (AvgIpc) is 0.838. The number of carbonyl (C=O) groups excluding carboxylic acids is 8. The Morgan fingerprint density at radius 2 is 0.755 bits per heavy atom. The van der Waals surface area contributed by atoms with E-state index in [-0.39, 0.29) is 125 Å². The fraction of sp³-hybridized carbons (Fsp3) is 0.855. The first-order valence-electron chi connectivity index (χ1n) is 30.7. The van der Waals surface area contributed by atoms with Gasteiger partial charge in [0.05, 0.1) is 104 Å². The number of nitrogens with one attached hydrogen (secondary N) is 8. The Bertz CT molecular complexity index is 2370. The van der Waals surface area contributed by atoms with Gasteiger partial charge in [0.15, 0.2) is 18.9 Å². The standard InChI is InChI=1S/C55H99N8O30P/c1-30(67)59-41-47(76)44(73)35(27-64)91-52(41)87-23-19-84-16-12-56-38(70)9-7-33(50(79)57-13-17-85-20-24-88-53-42(60-31(2)68)48(77)45(74)36(28-65)92-53)62-39(71)10-8-34(63-40(72)11-15-83-22-26-90-94(81,82)55(4,5)6)51(80)58-14-18-86-21-25-89-54-43(61-32(3)69)49(78)46(75)37(29-66)93-54/h33-37,41-49,52-54,64-66,73-78H,7-29H2,1-6H3,(H,56,70)(H,57,79)(H,58,80)(H,59,67)(H,60,68)(H,61,69)(H,62,71)(H,63,72)(H,81,82). The van der Waals surface area contributed by atoms with Crippen LogP contribution in [0.5, 0.6) is 0 Å². The zero-order chi connectivity index (χ0) is 70.1. The van der Waals surface area contributed by atoms with Crippen LogP contribution in [0.4, 0.5) is 0 Å². The quantitative estimate of drug-likeness (QED) is 0.0199. The van der Waals surface area contributed by atoms with E-state index < -0.39 is 190 Å². The lowest BCUT2D eigenvalue weighted by Crippen LogP contribution is -2.64. The van der Waals surface area contributed by atoms with Gasteiger partial charge >= 0.3 is 7.60 Å². The maximum Gasteiger partial charge on any atom is 0.333 e. The van der Waals surface area contributed by atoms with Gasteiger partial charge < -0.3 is 145 Å². The summed E-state index contributed by atoms with van der Waals surface area (Å²) in [5.41, 5.74) is 0. The zero-order valence-electron chi connectivity index (χ0n) is 53.7. The molecule has 0 aliphatic carbocycles. The number of carbonyl (C=O) groups is 8. The lowest BCUT2D eigenvalue weighted by Gasteiger charge is -2.42. The molecule has 3 rings (SSSR count). The molecule has 3 heterocycles. The summed E-state index contributed by atoms with van der Waals surface area (Å²) in [4.78, 5) is 113. The van der Waals surface area contributed by atoms with Gasteiger partial charge in [-0.15, -0.1) is 0 Å². The van der Waals surface area contributed by atoms with Crippen LogP contribution in [0.25, 0.3) is 0 Å². The molecule has 0 saturated carbocycles. The van der Waals surface area contributed by atoms with E-state index >= 15 is 0 Å². The van der Waals surface area contributed by atoms with Crippen LogP contribution in [0.1, 0.15) is 73.6 Å². The van der Waals surface area contributed by atoms with E-state index in [1.165, 1.54) is 41.5 Å². The summed E-state index contributed by atoms with van der Waals surface area (Å²) in [6.07, 6.45) is -18.4. The van der Waals surface area contributed by atoms with Crippen LogP contribution in [-0.2, 0) is 94.8 Å². The van der Waals surface area contributed by atoms with Crippen LogP contribution >= 0.6 is 7.60 Å². The number of aliphatic hydroxyl groups excluding tert-OH is 9. The molecule has 0 spiro atoms. The molecule has 18 N–H and O–H groups in total. The topological polar surface area (TPSA) is 554 Å². The highest BCUT2D eigenvalue weighted by atomic mass is 31.2. The molecule has 544 valence electrons. The molecule has 3 aliphatic heterocycles. The summed E-state index contributed by atoms with van der Waals surface area (Å²) in [5, 5.41) is 110. The van der Waals surface area contributed by atoms with Crippen molar-refractivity contribution >= 4 is 54.9 Å². The lowest BCUT2D eigenvalue weighted by atomic mass is 9.97. The third-order valence-corrected chi connectivity index (χ3v) is 16.6. The summed E-state index contributed by atoms with van der Waals surface area (Å²) >= 11 is 0. The van der Waals surface area contributed by atoms with Crippen LogP contribution in [-0.4, -0.2) is 326 Å². The molecule has 0 aromatic rings. The minimum Gasteiger partial charge on any atom is -0.394 e. The molecule has 3 saturated heterocycles. The average molecular weight is 1380 g/mol. The van der Waals surface area contributed by atoms with Gasteiger partial charge in [0.25, 0.3) is 0 Å². The van der Waals surface area contributed by atoms with Crippen LogP contribution in [0.3, 0.4) is 0 Å². The molecule has 39 heteroatoms. The first kappa shape index (κ1) is 83.4. The van der Waals surface area contributed by atoms with Gasteiger partial charge in [-0.1, -0.05) is 0 Å². The molecule has 94 heavy (non-hydrogen) atoms. The van der Waals surface area contributed by atoms with Crippen molar-refractivity contribution in [2.24, 2.45) is 0 Å². The molecule has 18 unspecified atom stereocenters. The summed E-state index contributed by atoms with van der Waals surface area (Å²) in [6, 6.07) is -6.33. The highest BCUT2D eigenvalue weighted by molar-refractivity contribution is 7.54. The van der Waals surface area contributed by atoms with Crippen molar-refractivity contribution in [1.82, 2.24) is 42.5 Å². The van der Waals surface area contributed by atoms with Gasteiger partial charge in [-0.05, 0) is 33.6 Å². The number of hydrogen-bond acceptors (Lipinski definition) is 29. The van der Waals surface area contributed by atoms with E-state index in [0.717, 1.165) is 0 Å². The second kappa shape index (κ2) is 43.4. The molecule has 0 aromatic heterocycles. The summed E-state index contributed by atoms with van der Waals surface area (Å²) < 4.78 is 73.0. The van der Waals surface area contributed by atoms with Crippen molar-refractivity contribution in [2.75, 3.05) is 119 Å². The minimum atomic E-state index is -3.99. The van der Waals surface area contributed by atoms with Gasteiger partial charge in [-0.25, -0.2) is 0 Å². The molecular formula is C55H99N8O30P. The first-order valence-corrected chi connectivity index (χ1v) is 32.3. The number of hydrogen-bond donors (Lipinski definition) is 18. The Morgan fingerprint density at radius 1 is 0.436 bits per heavy atom. The van der Waals surface area contributed by atoms with E-state index in [2.05, 4.69) is 42.5 Å². The van der Waals surface area contributed by atoms with Crippen molar-refractivity contribution in [3.8, 4) is 0 Å². The highest BCUT2D eigenvalue weighted by Gasteiger charge is 2.48. The van der Waals surface area contributed by atoms with Crippen molar-refractivity contribution in [2.45, 2.75) is 183 Å². The molecule has 0 aromatic carbocycles. The molecule has 38 nitrogen and oxygen atoms in total. The van der Waals surface area contributed by atoms with Gasteiger partial charge in [-0.3, -0.25) is 42.9 Å². The van der Waals surface area contributed by atoms with E-state index in [1.807, 2.05) is 0 Å². The molecule has 0 radical (unpaired) electrons. The van der Waals surface area contributed by atoms with Crippen molar-refractivity contribution in [1.29, 1.82) is 0 Å². The summed E-state index contributed by atoms with van der Waals surface area (Å²) in [5.74, 6) is -5.27. The number of ether oxygens (including phenoxy) is 10. The maximum atomic E-state index is 13.7. The van der Waals surface area contributed by atoms with E-state index in [9.17, 15) is 93.8 Å². The van der Waals surface area contributed by atoms with E-state index in [4.69, 9.17) is 51.9 Å². The maximum absolute atomic E-state index is 13.7. The zero-order valence-corrected chi connectivity index (χ0v) is 54.6. The van der Waals surface area contributed by atoms with Gasteiger partial charge in [-0.2, -0.15) is 0 Å². The van der Waals surface area contributed by atoms with Crippen LogP contribution < -0.4 is 42.5 Å². The van der Waals surface area contributed by atoms with Crippen molar-refractivity contribution in [3.63, 3.8) is 0 Å². The number of aliphatic hydroxyl groups is 9. The number of rotatable bonds is 44. The Balaban J connectivity index is 1.64. The SMILES string of the molecule is CC(=O)NC1C(OCCOCCNC(=O)CCC(NC(=O)CCC(NC(=O)CCOCCOP(=O)(O)C(C)(C)C)C(=O)NCCOCCOC2OC(CO)C(O)C(O)C2NC(C)=O)C(=O)NCCOCCOC2OC(CO)C(O)C(O)C2NC(C)=O)OC(CO)C(O)C1O. The molecule has 0 bridgehead atoms. The van der Waals surface area contributed by atoms with Crippen molar-refractivity contribution < 1.29 is 146 Å². The van der Waals surface area contributed by atoms with Gasteiger partial charge in [0, 0.05) is 59.7 Å². The molecule has 8 amide bonds. The van der Waals surface area contributed by atoms with Crippen molar-refractivity contribution in [3.05, 3.63) is 0 Å². The number of amides is 8. The predicted molar refractivity (Wildman–Crippen MR) is 319 cm³/mol. The van der Waals surface area contributed by atoms with Gasteiger partial charge in [0.1, 0.15) is 85.1 Å². The second-order valence-electron chi connectivity index (χ2n) is 22.9. The smallest absolute Gasteiger partial charge is 0.333 e. The van der Waals surface area contributed by atoms with E-state index in [1.54, 1.807) is 0 Å². The lowest BCUT2D eigenvalue weighted by molar-refractivity contribution is -0.272. The summed E-state index contributed by atoms with van der Waals surface area (Å²) in [7, 11) is -3.99. The van der Waals surface area contributed by atoms with Gasteiger partial charge in [0.2, 0.25) is 47.3 Å². The van der Waals surface area contributed by atoms with E-state index in [0.29, 0.717) is 0 Å². The Kier molecular flexibility index (Phi) is 38.5. The molecule has 18 atom stereocenters. The second-order valence-corrected chi connectivity index (χ2v) is 25.5. The molecule has 3 fully saturated rings. The predicted octanol–water partition coefficient (Wildman–Crippen LogP) is -8.80. The molecular weight excluding hydrogens is 1280 g/mol. The Hall–Kier alpha value is -4.85. The monoisotopic (exact) mass is 1380 g/mol. The Labute approximate surface area is 543 Å². The normalized spacial score (nSPS) is 27.6. The van der Waals surface area contributed by atoms with Crippen LogP contribution in [0.15, 0.2) is 0 Å². The third-order valence-electron chi connectivity index (χ3n) is 14.4. The van der Waals surface area contributed by atoms with Crippen LogP contribution in [0, 0.1) is 0 Å². The molecule has 3 aliphatic rings.